The van der Waals surface area contributed by atoms with Crippen molar-refractivity contribution in [3.05, 3.63) is 23.2 Å². The molecule has 0 saturated carbocycles. The molecule has 0 radical (unpaired) electrons. The molecular formula is C14H24N2O. The maximum Gasteiger partial charge on any atom is 0.118 e. The van der Waals surface area contributed by atoms with Crippen molar-refractivity contribution < 1.29 is 4.42 Å². The highest BCUT2D eigenvalue weighted by atomic mass is 16.3. The minimum Gasteiger partial charge on any atom is -0.465 e. The van der Waals surface area contributed by atoms with Crippen LogP contribution in [-0.4, -0.2) is 17.5 Å². The van der Waals surface area contributed by atoms with Gasteiger partial charge in [0.15, 0.2) is 0 Å². The molecule has 0 aromatic carbocycles. The molecule has 2 rings (SSSR count). The summed E-state index contributed by atoms with van der Waals surface area (Å²) in [5.74, 6) is 2.04. The van der Waals surface area contributed by atoms with Crippen LogP contribution in [0.25, 0.3) is 0 Å². The SMILES string of the molecule is Cc1oc(CN2CCCCCC2C)cc1CN. The van der Waals surface area contributed by atoms with Crippen LogP contribution >= 0.6 is 0 Å². The van der Waals surface area contributed by atoms with Gasteiger partial charge in [-0.25, -0.2) is 0 Å². The highest BCUT2D eigenvalue weighted by molar-refractivity contribution is 5.20. The Morgan fingerprint density at radius 2 is 2.24 bits per heavy atom. The Balaban J connectivity index is 2.02. The number of hydrogen-bond donors (Lipinski definition) is 1. The molecule has 1 aromatic heterocycles. The first-order valence-corrected chi connectivity index (χ1v) is 6.73. The minimum atomic E-state index is 0.574. The number of furan rings is 1. The standard InChI is InChI=1S/C14H24N2O/c1-11-6-4-3-5-7-16(11)10-14-8-13(9-15)12(2)17-14/h8,11H,3-7,9-10,15H2,1-2H3. The molecule has 2 N–H and O–H groups in total. The van der Waals surface area contributed by atoms with Crippen molar-refractivity contribution in [1.29, 1.82) is 0 Å². The maximum absolute atomic E-state index is 5.78. The van der Waals surface area contributed by atoms with Crippen molar-refractivity contribution in [3.8, 4) is 0 Å². The average Bonchev–Trinajstić information content (AvgIpc) is 2.54. The summed E-state index contributed by atoms with van der Waals surface area (Å²) in [4.78, 5) is 2.53. The van der Waals surface area contributed by atoms with Crippen LogP contribution in [0.5, 0.6) is 0 Å². The van der Waals surface area contributed by atoms with Crippen LogP contribution in [0.2, 0.25) is 0 Å². The Labute approximate surface area is 104 Å². The van der Waals surface area contributed by atoms with Gasteiger partial charge in [-0.2, -0.15) is 0 Å². The van der Waals surface area contributed by atoms with E-state index in [1.54, 1.807) is 0 Å². The van der Waals surface area contributed by atoms with Crippen molar-refractivity contribution in [2.24, 2.45) is 5.73 Å². The number of aryl methyl sites for hydroxylation is 1. The predicted octanol–water partition coefficient (Wildman–Crippen LogP) is 2.81. The minimum absolute atomic E-state index is 0.574. The van der Waals surface area contributed by atoms with E-state index in [2.05, 4.69) is 17.9 Å². The molecule has 1 aliphatic rings. The van der Waals surface area contributed by atoms with Crippen LogP contribution in [0.1, 0.15) is 49.7 Å². The molecule has 1 atom stereocenters. The Kier molecular flexibility index (Phi) is 4.24. The molecule has 1 aromatic rings. The third-order valence-electron chi connectivity index (χ3n) is 3.84. The third-order valence-corrected chi connectivity index (χ3v) is 3.84. The Morgan fingerprint density at radius 1 is 1.41 bits per heavy atom. The molecule has 96 valence electrons. The molecule has 0 bridgehead atoms. The van der Waals surface area contributed by atoms with Crippen LogP contribution < -0.4 is 5.73 Å². The summed E-state index contributed by atoms with van der Waals surface area (Å²) >= 11 is 0. The lowest BCUT2D eigenvalue weighted by Gasteiger charge is -2.25. The molecule has 1 fully saturated rings. The Hall–Kier alpha value is -0.800. The van der Waals surface area contributed by atoms with E-state index in [1.165, 1.54) is 32.2 Å². The van der Waals surface area contributed by atoms with Crippen molar-refractivity contribution in [2.45, 2.75) is 58.7 Å². The summed E-state index contributed by atoms with van der Waals surface area (Å²) in [6.07, 6.45) is 5.35. The molecule has 3 heteroatoms. The average molecular weight is 236 g/mol. The summed E-state index contributed by atoms with van der Waals surface area (Å²) in [7, 11) is 0. The fourth-order valence-corrected chi connectivity index (χ4v) is 2.64. The normalized spacial score (nSPS) is 22.6. The zero-order valence-corrected chi connectivity index (χ0v) is 11.0. The number of rotatable bonds is 3. The molecule has 1 aliphatic heterocycles. The second-order valence-electron chi connectivity index (χ2n) is 5.17. The van der Waals surface area contributed by atoms with E-state index in [4.69, 9.17) is 10.2 Å². The third kappa shape index (κ3) is 3.11. The molecule has 17 heavy (non-hydrogen) atoms. The number of likely N-dealkylation sites (tertiary alicyclic amines) is 1. The van der Waals surface area contributed by atoms with Gasteiger partial charge in [0.2, 0.25) is 0 Å². The van der Waals surface area contributed by atoms with Crippen molar-refractivity contribution in [2.75, 3.05) is 6.54 Å². The topological polar surface area (TPSA) is 42.4 Å². The number of nitrogens with zero attached hydrogens (tertiary/aromatic N) is 1. The van der Waals surface area contributed by atoms with E-state index < -0.39 is 0 Å². The van der Waals surface area contributed by atoms with Gasteiger partial charge in [0.1, 0.15) is 11.5 Å². The number of hydrogen-bond acceptors (Lipinski definition) is 3. The summed E-state index contributed by atoms with van der Waals surface area (Å²) in [6, 6.07) is 2.79. The lowest BCUT2D eigenvalue weighted by atomic mass is 10.1. The van der Waals surface area contributed by atoms with Gasteiger partial charge in [0.05, 0.1) is 6.54 Å². The summed E-state index contributed by atoms with van der Waals surface area (Å²) in [5, 5.41) is 0. The zero-order valence-electron chi connectivity index (χ0n) is 11.0. The molecule has 2 heterocycles. The largest absolute Gasteiger partial charge is 0.465 e. The van der Waals surface area contributed by atoms with Crippen LogP contribution in [0.4, 0.5) is 0 Å². The monoisotopic (exact) mass is 236 g/mol. The van der Waals surface area contributed by atoms with Gasteiger partial charge in [-0.1, -0.05) is 12.8 Å². The Morgan fingerprint density at radius 3 is 2.94 bits per heavy atom. The van der Waals surface area contributed by atoms with Crippen LogP contribution in [0.3, 0.4) is 0 Å². The van der Waals surface area contributed by atoms with E-state index in [0.29, 0.717) is 12.6 Å². The summed E-state index contributed by atoms with van der Waals surface area (Å²) in [5.41, 5.74) is 6.82. The first-order chi connectivity index (χ1) is 8.20. The van der Waals surface area contributed by atoms with E-state index in [1.807, 2.05) is 6.92 Å². The fourth-order valence-electron chi connectivity index (χ4n) is 2.64. The van der Waals surface area contributed by atoms with Gasteiger partial charge in [0.25, 0.3) is 0 Å². The van der Waals surface area contributed by atoms with Crippen molar-refractivity contribution in [1.82, 2.24) is 4.90 Å². The first kappa shape index (κ1) is 12.7. The molecule has 1 saturated heterocycles. The van der Waals surface area contributed by atoms with Gasteiger partial charge in [-0.05, 0) is 39.3 Å². The highest BCUT2D eigenvalue weighted by Gasteiger charge is 2.18. The molecular weight excluding hydrogens is 212 g/mol. The van der Waals surface area contributed by atoms with Crippen LogP contribution in [-0.2, 0) is 13.1 Å². The zero-order chi connectivity index (χ0) is 12.3. The smallest absolute Gasteiger partial charge is 0.118 e. The van der Waals surface area contributed by atoms with E-state index >= 15 is 0 Å². The summed E-state index contributed by atoms with van der Waals surface area (Å²) in [6.45, 7) is 7.02. The molecule has 0 amide bonds. The lowest BCUT2D eigenvalue weighted by molar-refractivity contribution is 0.188. The quantitative estimate of drug-likeness (QED) is 0.877. The molecule has 1 unspecified atom stereocenters. The Bertz CT molecular complexity index is 359. The van der Waals surface area contributed by atoms with E-state index in [9.17, 15) is 0 Å². The van der Waals surface area contributed by atoms with Crippen LogP contribution in [0, 0.1) is 6.92 Å². The second kappa shape index (κ2) is 5.69. The van der Waals surface area contributed by atoms with Gasteiger partial charge < -0.3 is 10.2 Å². The van der Waals surface area contributed by atoms with E-state index in [0.717, 1.165) is 23.6 Å². The fraction of sp³-hybridized carbons (Fsp3) is 0.714. The highest BCUT2D eigenvalue weighted by Crippen LogP contribution is 2.21. The molecule has 0 aliphatic carbocycles. The van der Waals surface area contributed by atoms with Crippen molar-refractivity contribution in [3.63, 3.8) is 0 Å². The predicted molar refractivity (Wildman–Crippen MR) is 69.7 cm³/mol. The van der Waals surface area contributed by atoms with E-state index in [-0.39, 0.29) is 0 Å². The van der Waals surface area contributed by atoms with Gasteiger partial charge in [-0.3, -0.25) is 4.90 Å². The first-order valence-electron chi connectivity index (χ1n) is 6.73. The van der Waals surface area contributed by atoms with Gasteiger partial charge >= 0.3 is 0 Å². The second-order valence-corrected chi connectivity index (χ2v) is 5.17. The molecule has 0 spiro atoms. The lowest BCUT2D eigenvalue weighted by Crippen LogP contribution is -2.31. The van der Waals surface area contributed by atoms with Gasteiger partial charge in [-0.15, -0.1) is 0 Å². The maximum atomic E-state index is 5.78. The van der Waals surface area contributed by atoms with Gasteiger partial charge in [0, 0.05) is 18.2 Å². The molecule has 3 nitrogen and oxygen atoms in total. The number of nitrogens with two attached hydrogens (primary N) is 1. The summed E-state index contributed by atoms with van der Waals surface area (Å²) < 4.78 is 5.78. The van der Waals surface area contributed by atoms with Crippen LogP contribution in [0.15, 0.2) is 10.5 Å². The van der Waals surface area contributed by atoms with Crippen molar-refractivity contribution >= 4 is 0 Å².